The van der Waals surface area contributed by atoms with Crippen LogP contribution < -0.4 is 31.9 Å². The Morgan fingerprint density at radius 3 is 1.79 bits per heavy atom. The Bertz CT molecular complexity index is 2090. The fraction of sp³-hybridized carbons (Fsp3) is 0.849. The average molecular weight is 1120 g/mol. The molecule has 2 aliphatic heterocycles. The van der Waals surface area contributed by atoms with E-state index in [9.17, 15) is 49.2 Å². The summed E-state index contributed by atoms with van der Waals surface area (Å²) < 4.78 is 46.9. The van der Waals surface area contributed by atoms with Gasteiger partial charge in [0.25, 0.3) is 5.91 Å². The lowest BCUT2D eigenvalue weighted by molar-refractivity contribution is -0.305. The van der Waals surface area contributed by atoms with Crippen LogP contribution in [-0.2, 0) is 42.7 Å². The van der Waals surface area contributed by atoms with Crippen LogP contribution in [-0.4, -0.2) is 196 Å². The topological polar surface area (TPSA) is 333 Å². The van der Waals surface area contributed by atoms with E-state index in [1.54, 1.807) is 110 Å². The summed E-state index contributed by atoms with van der Waals surface area (Å²) in [6, 6.07) is -5.12. The van der Waals surface area contributed by atoms with E-state index in [1.165, 1.54) is 14.0 Å². The van der Waals surface area contributed by atoms with E-state index in [0.717, 1.165) is 17.7 Å². The smallest absolute Gasteiger partial charge is 0.410 e. The van der Waals surface area contributed by atoms with Gasteiger partial charge in [-0.25, -0.2) is 24.0 Å². The number of nitrogens with zero attached hydrogens (tertiary/aromatic N) is 1. The number of ether oxygens (including phenoxy) is 8. The number of aliphatic hydroxyl groups is 4. The first-order valence-electron chi connectivity index (χ1n) is 26.9. The van der Waals surface area contributed by atoms with Crippen molar-refractivity contribution >= 4 is 36.4 Å². The minimum Gasteiger partial charge on any atom is -0.491 e. The van der Waals surface area contributed by atoms with Crippen LogP contribution in [0.5, 0.6) is 0 Å². The number of nitrogens with one attached hydrogen (secondary N) is 6. The molecule has 0 aromatic rings. The molecule has 4 rings (SSSR count). The molecule has 1 saturated heterocycles. The van der Waals surface area contributed by atoms with E-state index < -0.39 is 150 Å². The minimum atomic E-state index is -1.90. The second-order valence-electron chi connectivity index (χ2n) is 26.0. The lowest BCUT2D eigenvalue weighted by Gasteiger charge is -2.52. The highest BCUT2D eigenvalue weighted by molar-refractivity contribution is 5.82. The zero-order valence-electron chi connectivity index (χ0n) is 48.9. The molecule has 2 heterocycles. The molecule has 0 aromatic heterocycles. The third kappa shape index (κ3) is 21.3. The van der Waals surface area contributed by atoms with E-state index in [2.05, 4.69) is 31.9 Å². The molecule has 78 heavy (non-hydrogen) atoms. The summed E-state index contributed by atoms with van der Waals surface area (Å²) >= 11 is 0. The summed E-state index contributed by atoms with van der Waals surface area (Å²) in [7, 11) is 1.32. The Morgan fingerprint density at radius 1 is 0.731 bits per heavy atom. The largest absolute Gasteiger partial charge is 0.491 e. The monoisotopic (exact) mass is 1120 g/mol. The molecular formula is C53H93N7O18. The number of hydrogen-bond acceptors (Lipinski definition) is 19. The molecule has 13 atom stereocenters. The molecule has 25 heteroatoms. The average Bonchev–Trinajstić information content (AvgIpc) is 4.09. The molecule has 6 amide bonds. The quantitative estimate of drug-likeness (QED) is 0.0735. The first-order valence-corrected chi connectivity index (χ1v) is 26.9. The van der Waals surface area contributed by atoms with Crippen LogP contribution in [0.1, 0.15) is 143 Å². The minimum absolute atomic E-state index is 0.120. The third-order valence-corrected chi connectivity index (χ3v) is 12.6. The van der Waals surface area contributed by atoms with Crippen LogP contribution in [0.15, 0.2) is 11.8 Å². The number of amides is 6. The van der Waals surface area contributed by atoms with Crippen molar-refractivity contribution < 1.29 is 87.1 Å². The maximum Gasteiger partial charge on any atom is 0.410 e. The fourth-order valence-corrected chi connectivity index (χ4v) is 9.41. The van der Waals surface area contributed by atoms with Crippen molar-refractivity contribution in [1.82, 2.24) is 36.8 Å². The van der Waals surface area contributed by atoms with Gasteiger partial charge in [-0.05, 0) is 161 Å². The Labute approximate surface area is 459 Å². The summed E-state index contributed by atoms with van der Waals surface area (Å²) in [5.74, 6) is -1.65. The van der Waals surface area contributed by atoms with Gasteiger partial charge in [0, 0.05) is 25.0 Å². The van der Waals surface area contributed by atoms with Crippen molar-refractivity contribution in [2.75, 3.05) is 33.3 Å². The van der Waals surface area contributed by atoms with Gasteiger partial charge in [0.05, 0.1) is 43.9 Å². The van der Waals surface area contributed by atoms with E-state index in [0.29, 0.717) is 24.6 Å². The normalized spacial score (nSPS) is 28.7. The van der Waals surface area contributed by atoms with Gasteiger partial charge in [-0.15, -0.1) is 0 Å². The molecular weight excluding hydrogens is 1020 g/mol. The third-order valence-electron chi connectivity index (χ3n) is 12.6. The maximum absolute atomic E-state index is 14.0. The molecule has 2 saturated carbocycles. The van der Waals surface area contributed by atoms with Gasteiger partial charge in [0.1, 0.15) is 63.8 Å². The summed E-state index contributed by atoms with van der Waals surface area (Å²) in [5.41, 5.74) is -6.37. The summed E-state index contributed by atoms with van der Waals surface area (Å²) in [6.07, 6.45) is -10.2. The van der Waals surface area contributed by atoms with Crippen LogP contribution >= 0.6 is 0 Å². The number of carbonyl (C=O) groups excluding carboxylic acids is 6. The second-order valence-corrected chi connectivity index (χ2v) is 26.0. The van der Waals surface area contributed by atoms with Crippen molar-refractivity contribution in [1.29, 1.82) is 0 Å². The van der Waals surface area contributed by atoms with E-state index in [4.69, 9.17) is 37.9 Å². The lowest BCUT2D eigenvalue weighted by atomic mass is 9.72. The molecule has 0 aromatic carbocycles. The number of carbonyl (C=O) groups is 6. The van der Waals surface area contributed by atoms with Gasteiger partial charge in [-0.2, -0.15) is 0 Å². The van der Waals surface area contributed by atoms with Gasteiger partial charge in [0.2, 0.25) is 0 Å². The maximum atomic E-state index is 14.0. The molecule has 4 aliphatic rings. The number of rotatable bonds is 17. The molecule has 0 spiro atoms. The first kappa shape index (κ1) is 65.6. The Kier molecular flexibility index (Phi) is 22.0. The SMILES string of the molecule is CN(C(=O)OC(C)(C)C)[C@@H]1[C@@H](O)[C@@H](O[C@@H]2[C@@H](O)[C@H](C3OC(CNCCC(NC(=O)OC(C)(C)C)C4CC4)=CC[C@H]3NC(=O)OC(C)(C)C)[C@@H](NC(=O)OC(C)(C)C)C[C@H]2NC(=O)[C@@H](O)CNC(=O)OC(C)(C)C)OC[C@]1(C)O. The van der Waals surface area contributed by atoms with E-state index in [-0.39, 0.29) is 25.4 Å². The van der Waals surface area contributed by atoms with Crippen LogP contribution in [0.4, 0.5) is 24.0 Å². The molecule has 25 nitrogen and oxygen atoms in total. The van der Waals surface area contributed by atoms with Gasteiger partial charge in [0.15, 0.2) is 6.29 Å². The summed E-state index contributed by atoms with van der Waals surface area (Å²) in [5, 5.41) is 64.9. The Hall–Kier alpha value is -4.92. The highest BCUT2D eigenvalue weighted by Gasteiger charge is 2.57. The Balaban J connectivity index is 1.77. The van der Waals surface area contributed by atoms with Crippen LogP contribution in [0, 0.1) is 11.8 Å². The van der Waals surface area contributed by atoms with Gasteiger partial charge < -0.3 is 95.1 Å². The predicted octanol–water partition coefficient (Wildman–Crippen LogP) is 3.57. The van der Waals surface area contributed by atoms with Crippen LogP contribution in [0.25, 0.3) is 0 Å². The molecule has 3 fully saturated rings. The highest BCUT2D eigenvalue weighted by atomic mass is 16.7. The highest BCUT2D eigenvalue weighted by Crippen LogP contribution is 2.39. The fourth-order valence-electron chi connectivity index (χ4n) is 9.41. The number of aliphatic hydroxyl groups excluding tert-OH is 3. The number of alkyl carbamates (subject to hydrolysis) is 4. The van der Waals surface area contributed by atoms with Gasteiger partial charge in [-0.1, -0.05) is 0 Å². The summed E-state index contributed by atoms with van der Waals surface area (Å²) in [4.78, 5) is 81.1. The van der Waals surface area contributed by atoms with Gasteiger partial charge >= 0.3 is 30.5 Å². The van der Waals surface area contributed by atoms with Crippen molar-refractivity contribution in [3.63, 3.8) is 0 Å². The zero-order valence-corrected chi connectivity index (χ0v) is 48.9. The van der Waals surface area contributed by atoms with Crippen LogP contribution in [0.2, 0.25) is 0 Å². The standard InChI is InChI=1S/C53H93N7O18/c1-48(2,3)74-43(65)55-26-34(61)41(64)56-33-24-32(59-46(68)77-51(10,11)12)35(36(62)39(33)73-42-37(63)40(53(16,70)27-71-42)60(17)47(69)78-52(13,14)15)38-31(58-45(67)76-50(7,8)9)21-20-29(72-38)25-54-23-22-30(28-18-19-28)57-44(66)75-49(4,5)6/h20,28,30-40,42,54,61-63,70H,18-19,21-27H2,1-17H3,(H,55,65)(H,56,64)(H,57,66)(H,58,67)(H,59,68)/t30?,31-,32+,33-,34+,35-,36+,37-,38?,39+,40-,42-,53+/m1/s1. The zero-order chi connectivity index (χ0) is 59.1. The molecule has 0 radical (unpaired) electrons. The van der Waals surface area contributed by atoms with E-state index in [1.807, 2.05) is 0 Å². The van der Waals surface area contributed by atoms with Gasteiger partial charge in [-0.3, -0.25) is 4.79 Å². The number of hydrogen-bond donors (Lipinski definition) is 10. The molecule has 2 aliphatic carbocycles. The van der Waals surface area contributed by atoms with Crippen molar-refractivity contribution in [3.05, 3.63) is 11.8 Å². The molecule has 448 valence electrons. The predicted molar refractivity (Wildman–Crippen MR) is 283 cm³/mol. The Morgan fingerprint density at radius 2 is 1.26 bits per heavy atom. The molecule has 0 bridgehead atoms. The first-order chi connectivity index (χ1) is 35.6. The van der Waals surface area contributed by atoms with Crippen molar-refractivity contribution in [3.8, 4) is 0 Å². The lowest BCUT2D eigenvalue weighted by Crippen LogP contribution is -2.71. The van der Waals surface area contributed by atoms with Crippen molar-refractivity contribution in [2.24, 2.45) is 11.8 Å². The van der Waals surface area contributed by atoms with Crippen molar-refractivity contribution in [2.45, 2.75) is 244 Å². The van der Waals surface area contributed by atoms with Crippen LogP contribution in [0.3, 0.4) is 0 Å². The summed E-state index contributed by atoms with van der Waals surface area (Å²) in [6.45, 7) is 26.0. The molecule has 2 unspecified atom stereocenters. The van der Waals surface area contributed by atoms with E-state index >= 15 is 0 Å². The molecule has 10 N–H and O–H groups in total. The second kappa shape index (κ2) is 26.1. The number of likely N-dealkylation sites (N-methyl/N-ethyl adjacent to an activating group) is 1.